The molecular weight excluding hydrogens is 252 g/mol. The van der Waals surface area contributed by atoms with Crippen LogP contribution in [0.5, 0.6) is 0 Å². The van der Waals surface area contributed by atoms with Crippen LogP contribution in [0.4, 0.5) is 5.69 Å². The predicted octanol–water partition coefficient (Wildman–Crippen LogP) is 2.95. The van der Waals surface area contributed by atoms with Crippen molar-refractivity contribution in [2.24, 2.45) is 0 Å². The highest BCUT2D eigenvalue weighted by Gasteiger charge is 2.07. The van der Waals surface area contributed by atoms with Crippen LogP contribution in [0.2, 0.25) is 0 Å². The van der Waals surface area contributed by atoms with Crippen LogP contribution in [-0.4, -0.2) is 36.2 Å². The predicted molar refractivity (Wildman–Crippen MR) is 82.1 cm³/mol. The highest BCUT2D eigenvalue weighted by molar-refractivity contribution is 5.97. The summed E-state index contributed by atoms with van der Waals surface area (Å²) in [6.45, 7) is 8.74. The van der Waals surface area contributed by atoms with Gasteiger partial charge in [0, 0.05) is 24.6 Å². The van der Waals surface area contributed by atoms with Crippen LogP contribution >= 0.6 is 0 Å². The van der Waals surface area contributed by atoms with Crippen molar-refractivity contribution in [2.75, 3.05) is 25.0 Å². The molecule has 0 unspecified atom stereocenters. The van der Waals surface area contributed by atoms with Gasteiger partial charge in [-0.25, -0.2) is 0 Å². The Bertz CT molecular complexity index is 436. The fraction of sp³-hybridized carbons (Fsp3) is 0.500. The maximum Gasteiger partial charge on any atom is 0.221 e. The smallest absolute Gasteiger partial charge is 0.221 e. The van der Waals surface area contributed by atoms with E-state index in [9.17, 15) is 9.59 Å². The molecular formula is C16H24N2O2. The number of Topliss-reactive ketones (excluding diaryl/α,β-unsaturated/α-hetero) is 1. The number of anilines is 1. The van der Waals surface area contributed by atoms with Gasteiger partial charge in [0.05, 0.1) is 0 Å². The molecule has 0 spiro atoms. The van der Waals surface area contributed by atoms with Crippen LogP contribution in [0.3, 0.4) is 0 Å². The van der Waals surface area contributed by atoms with Gasteiger partial charge in [0.2, 0.25) is 5.91 Å². The van der Waals surface area contributed by atoms with Gasteiger partial charge in [0.1, 0.15) is 0 Å². The monoisotopic (exact) mass is 276 g/mol. The van der Waals surface area contributed by atoms with Gasteiger partial charge in [-0.15, -0.1) is 0 Å². The van der Waals surface area contributed by atoms with E-state index in [2.05, 4.69) is 24.1 Å². The van der Waals surface area contributed by atoms with Crippen molar-refractivity contribution in [3.8, 4) is 0 Å². The van der Waals surface area contributed by atoms with Crippen LogP contribution in [0.1, 0.15) is 44.0 Å². The molecule has 1 aromatic carbocycles. The molecule has 1 amide bonds. The lowest BCUT2D eigenvalue weighted by molar-refractivity contribution is -0.114. The average molecular weight is 276 g/mol. The van der Waals surface area contributed by atoms with Crippen molar-refractivity contribution in [1.29, 1.82) is 0 Å². The third-order valence-electron chi connectivity index (χ3n) is 3.30. The molecule has 0 aromatic heterocycles. The minimum absolute atomic E-state index is 0.108. The standard InChI is InChI=1S/C16H24N2O2/c1-4-18(5-2)12-6-7-16(20)14-8-10-15(11-9-14)17-13(3)19/h8-11H,4-7,12H2,1-3H3,(H,17,19). The number of carbonyl (C=O) groups excluding carboxylic acids is 2. The number of carbonyl (C=O) groups is 2. The van der Waals surface area contributed by atoms with Crippen molar-refractivity contribution in [2.45, 2.75) is 33.6 Å². The minimum Gasteiger partial charge on any atom is -0.326 e. The Kier molecular flexibility index (Phi) is 6.94. The molecule has 1 N–H and O–H groups in total. The highest BCUT2D eigenvalue weighted by atomic mass is 16.1. The number of nitrogens with zero attached hydrogens (tertiary/aromatic N) is 1. The van der Waals surface area contributed by atoms with Crippen LogP contribution in [0.15, 0.2) is 24.3 Å². The highest BCUT2D eigenvalue weighted by Crippen LogP contribution is 2.12. The molecule has 0 fully saturated rings. The van der Waals surface area contributed by atoms with E-state index in [0.717, 1.165) is 31.7 Å². The molecule has 0 atom stereocenters. The fourth-order valence-corrected chi connectivity index (χ4v) is 2.09. The summed E-state index contributed by atoms with van der Waals surface area (Å²) in [6, 6.07) is 7.06. The zero-order valence-corrected chi connectivity index (χ0v) is 12.6. The molecule has 4 heteroatoms. The largest absolute Gasteiger partial charge is 0.326 e. The second-order valence-corrected chi connectivity index (χ2v) is 4.81. The zero-order valence-electron chi connectivity index (χ0n) is 12.6. The molecule has 1 aromatic rings. The molecule has 0 bridgehead atoms. The van der Waals surface area contributed by atoms with E-state index in [0.29, 0.717) is 12.0 Å². The number of hydrogen-bond acceptors (Lipinski definition) is 3. The molecule has 0 heterocycles. The lowest BCUT2D eigenvalue weighted by Crippen LogP contribution is -2.24. The van der Waals surface area contributed by atoms with Gasteiger partial charge in [-0.1, -0.05) is 13.8 Å². The molecule has 110 valence electrons. The second-order valence-electron chi connectivity index (χ2n) is 4.81. The fourth-order valence-electron chi connectivity index (χ4n) is 2.09. The first-order chi connectivity index (χ1) is 9.56. The first kappa shape index (κ1) is 16.4. The van der Waals surface area contributed by atoms with Crippen LogP contribution in [-0.2, 0) is 4.79 Å². The summed E-state index contributed by atoms with van der Waals surface area (Å²) in [5.74, 6) is 0.0508. The van der Waals surface area contributed by atoms with Crippen molar-refractivity contribution in [1.82, 2.24) is 4.90 Å². The van der Waals surface area contributed by atoms with Crippen molar-refractivity contribution >= 4 is 17.4 Å². The summed E-state index contributed by atoms with van der Waals surface area (Å²) in [7, 11) is 0. The Hall–Kier alpha value is -1.68. The van der Waals surface area contributed by atoms with Crippen LogP contribution in [0, 0.1) is 0 Å². The third-order valence-corrected chi connectivity index (χ3v) is 3.30. The Balaban J connectivity index is 2.45. The molecule has 0 saturated carbocycles. The molecule has 1 rings (SSSR count). The number of benzene rings is 1. The first-order valence-corrected chi connectivity index (χ1v) is 7.20. The van der Waals surface area contributed by atoms with Gasteiger partial charge >= 0.3 is 0 Å². The number of amides is 1. The number of rotatable bonds is 8. The van der Waals surface area contributed by atoms with E-state index >= 15 is 0 Å². The summed E-state index contributed by atoms with van der Waals surface area (Å²) in [4.78, 5) is 25.3. The van der Waals surface area contributed by atoms with E-state index in [1.165, 1.54) is 6.92 Å². The van der Waals surface area contributed by atoms with E-state index < -0.39 is 0 Å². The maximum atomic E-state index is 12.0. The van der Waals surface area contributed by atoms with Gasteiger partial charge in [0.15, 0.2) is 5.78 Å². The zero-order chi connectivity index (χ0) is 15.0. The first-order valence-electron chi connectivity index (χ1n) is 7.20. The molecule has 4 nitrogen and oxygen atoms in total. The van der Waals surface area contributed by atoms with E-state index in [1.807, 2.05) is 0 Å². The molecule has 0 aliphatic rings. The van der Waals surface area contributed by atoms with Gasteiger partial charge in [-0.05, 0) is 50.3 Å². The second kappa shape index (κ2) is 8.48. The van der Waals surface area contributed by atoms with E-state index in [-0.39, 0.29) is 11.7 Å². The van der Waals surface area contributed by atoms with Gasteiger partial charge in [0.25, 0.3) is 0 Å². The Morgan fingerprint density at radius 3 is 2.20 bits per heavy atom. The van der Waals surface area contributed by atoms with Gasteiger partial charge in [-0.2, -0.15) is 0 Å². The number of hydrogen-bond donors (Lipinski definition) is 1. The summed E-state index contributed by atoms with van der Waals surface area (Å²) < 4.78 is 0. The SMILES string of the molecule is CCN(CC)CCCC(=O)c1ccc(NC(C)=O)cc1. The molecule has 20 heavy (non-hydrogen) atoms. The Morgan fingerprint density at radius 1 is 1.10 bits per heavy atom. The molecule has 0 aliphatic carbocycles. The lowest BCUT2D eigenvalue weighted by Gasteiger charge is -2.17. The summed E-state index contributed by atoms with van der Waals surface area (Å²) >= 11 is 0. The minimum atomic E-state index is -0.108. The summed E-state index contributed by atoms with van der Waals surface area (Å²) in [5.41, 5.74) is 1.43. The quantitative estimate of drug-likeness (QED) is 0.743. The number of ketones is 1. The topological polar surface area (TPSA) is 49.4 Å². The summed E-state index contributed by atoms with van der Waals surface area (Å²) in [6.07, 6.45) is 1.45. The van der Waals surface area contributed by atoms with Crippen molar-refractivity contribution < 1.29 is 9.59 Å². The van der Waals surface area contributed by atoms with Crippen molar-refractivity contribution in [3.63, 3.8) is 0 Å². The maximum absolute atomic E-state index is 12.0. The van der Waals surface area contributed by atoms with E-state index in [1.54, 1.807) is 24.3 Å². The van der Waals surface area contributed by atoms with Crippen molar-refractivity contribution in [3.05, 3.63) is 29.8 Å². The number of nitrogens with one attached hydrogen (secondary N) is 1. The van der Waals surface area contributed by atoms with Gasteiger partial charge in [-0.3, -0.25) is 9.59 Å². The Morgan fingerprint density at radius 2 is 1.70 bits per heavy atom. The van der Waals surface area contributed by atoms with E-state index in [4.69, 9.17) is 0 Å². The third kappa shape index (κ3) is 5.53. The average Bonchev–Trinajstić information content (AvgIpc) is 2.43. The lowest BCUT2D eigenvalue weighted by atomic mass is 10.1. The molecule has 0 radical (unpaired) electrons. The van der Waals surface area contributed by atoms with Gasteiger partial charge < -0.3 is 10.2 Å². The van der Waals surface area contributed by atoms with Crippen LogP contribution in [0.25, 0.3) is 0 Å². The van der Waals surface area contributed by atoms with Crippen LogP contribution < -0.4 is 5.32 Å². The summed E-state index contributed by atoms with van der Waals surface area (Å²) in [5, 5.41) is 2.69. The Labute approximate surface area is 121 Å². The molecule has 0 aliphatic heterocycles. The normalized spacial score (nSPS) is 10.6. The molecule has 0 saturated heterocycles.